The summed E-state index contributed by atoms with van der Waals surface area (Å²) < 4.78 is 1.77. The van der Waals surface area contributed by atoms with E-state index in [2.05, 4.69) is 10.4 Å². The van der Waals surface area contributed by atoms with E-state index < -0.39 is 0 Å². The lowest BCUT2D eigenvalue weighted by molar-refractivity contribution is -0.121. The topological polar surface area (TPSA) is 72.9 Å². The van der Waals surface area contributed by atoms with Crippen LogP contribution in [0, 0.1) is 5.92 Å². The zero-order chi connectivity index (χ0) is 14.7. The van der Waals surface area contributed by atoms with Crippen molar-refractivity contribution in [1.29, 1.82) is 0 Å². The van der Waals surface area contributed by atoms with E-state index in [-0.39, 0.29) is 17.9 Å². The molecule has 3 rings (SSSR count). The van der Waals surface area contributed by atoms with Crippen LogP contribution in [0.15, 0.2) is 42.7 Å². The summed E-state index contributed by atoms with van der Waals surface area (Å²) in [5.41, 5.74) is 7.77. The molecule has 5 heteroatoms. The molecule has 1 heterocycles. The molecule has 1 saturated carbocycles. The van der Waals surface area contributed by atoms with Gasteiger partial charge in [0.15, 0.2) is 0 Å². The number of nitrogens with one attached hydrogen (secondary N) is 1. The molecule has 2 aromatic rings. The first kappa shape index (κ1) is 13.8. The summed E-state index contributed by atoms with van der Waals surface area (Å²) in [5, 5.41) is 7.18. The van der Waals surface area contributed by atoms with E-state index in [1.807, 2.05) is 36.5 Å². The van der Waals surface area contributed by atoms with Gasteiger partial charge >= 0.3 is 0 Å². The molecule has 1 aromatic carbocycles. The minimum absolute atomic E-state index is 0.0203. The molecule has 1 aromatic heterocycles. The smallest absolute Gasteiger partial charge is 0.229 e. The fraction of sp³-hybridized carbons (Fsp3) is 0.375. The Morgan fingerprint density at radius 3 is 2.90 bits per heavy atom. The zero-order valence-electron chi connectivity index (χ0n) is 11.9. The van der Waals surface area contributed by atoms with Crippen molar-refractivity contribution in [3.05, 3.63) is 42.7 Å². The average molecular weight is 284 g/mol. The van der Waals surface area contributed by atoms with Gasteiger partial charge in [0.1, 0.15) is 0 Å². The van der Waals surface area contributed by atoms with E-state index in [0.29, 0.717) is 0 Å². The molecule has 0 spiro atoms. The van der Waals surface area contributed by atoms with Gasteiger partial charge in [0.25, 0.3) is 0 Å². The number of hydrogen-bond donors (Lipinski definition) is 2. The Morgan fingerprint density at radius 1 is 1.29 bits per heavy atom. The third-order valence-electron chi connectivity index (χ3n) is 4.04. The molecule has 21 heavy (non-hydrogen) atoms. The van der Waals surface area contributed by atoms with Gasteiger partial charge in [-0.3, -0.25) is 4.79 Å². The minimum Gasteiger partial charge on any atom is -0.327 e. The molecule has 0 aliphatic heterocycles. The molecule has 5 nitrogen and oxygen atoms in total. The number of carbonyl (C=O) groups excluding carboxylic acids is 1. The molecule has 1 aliphatic rings. The van der Waals surface area contributed by atoms with Crippen molar-refractivity contribution in [2.24, 2.45) is 11.7 Å². The summed E-state index contributed by atoms with van der Waals surface area (Å²) >= 11 is 0. The van der Waals surface area contributed by atoms with Crippen molar-refractivity contribution in [2.75, 3.05) is 5.32 Å². The number of hydrogen-bond acceptors (Lipinski definition) is 3. The van der Waals surface area contributed by atoms with E-state index in [4.69, 9.17) is 5.73 Å². The van der Waals surface area contributed by atoms with Crippen LogP contribution in [0.4, 0.5) is 5.69 Å². The predicted molar refractivity (Wildman–Crippen MR) is 82.1 cm³/mol. The summed E-state index contributed by atoms with van der Waals surface area (Å²) in [5.74, 6) is -0.0491. The molecule has 3 N–H and O–H groups in total. The first-order valence-electron chi connectivity index (χ1n) is 7.40. The fourth-order valence-corrected chi connectivity index (χ4v) is 2.87. The summed E-state index contributed by atoms with van der Waals surface area (Å²) in [7, 11) is 0. The van der Waals surface area contributed by atoms with Crippen molar-refractivity contribution in [2.45, 2.75) is 31.7 Å². The molecule has 0 radical (unpaired) electrons. The molecule has 2 unspecified atom stereocenters. The largest absolute Gasteiger partial charge is 0.327 e. The van der Waals surface area contributed by atoms with Crippen LogP contribution in [0.3, 0.4) is 0 Å². The number of nitrogens with zero attached hydrogens (tertiary/aromatic N) is 2. The number of nitrogens with two attached hydrogens (primary N) is 1. The van der Waals surface area contributed by atoms with Crippen molar-refractivity contribution < 1.29 is 4.79 Å². The fourth-order valence-electron chi connectivity index (χ4n) is 2.87. The minimum atomic E-state index is -0.0768. The summed E-state index contributed by atoms with van der Waals surface area (Å²) in [6.45, 7) is 0. The highest BCUT2D eigenvalue weighted by Crippen LogP contribution is 2.24. The number of aromatic nitrogens is 2. The average Bonchev–Trinajstić information content (AvgIpc) is 3.02. The van der Waals surface area contributed by atoms with Crippen LogP contribution < -0.4 is 11.1 Å². The third kappa shape index (κ3) is 3.13. The molecule has 0 saturated heterocycles. The van der Waals surface area contributed by atoms with E-state index in [0.717, 1.165) is 37.1 Å². The van der Waals surface area contributed by atoms with Crippen LogP contribution >= 0.6 is 0 Å². The van der Waals surface area contributed by atoms with Gasteiger partial charge in [-0.2, -0.15) is 5.10 Å². The highest BCUT2D eigenvalue weighted by atomic mass is 16.1. The monoisotopic (exact) mass is 284 g/mol. The van der Waals surface area contributed by atoms with Gasteiger partial charge in [0, 0.05) is 24.1 Å². The van der Waals surface area contributed by atoms with E-state index in [9.17, 15) is 4.79 Å². The van der Waals surface area contributed by atoms with Crippen molar-refractivity contribution in [1.82, 2.24) is 9.78 Å². The predicted octanol–water partition coefficient (Wildman–Crippen LogP) is 2.33. The van der Waals surface area contributed by atoms with Gasteiger partial charge in [-0.25, -0.2) is 4.68 Å². The summed E-state index contributed by atoms with van der Waals surface area (Å²) in [6, 6.07) is 9.51. The highest BCUT2D eigenvalue weighted by Gasteiger charge is 2.28. The lowest BCUT2D eigenvalue weighted by Gasteiger charge is -2.27. The highest BCUT2D eigenvalue weighted by molar-refractivity contribution is 5.93. The molecule has 1 fully saturated rings. The number of carbonyl (C=O) groups is 1. The summed E-state index contributed by atoms with van der Waals surface area (Å²) in [4.78, 5) is 12.4. The first-order valence-corrected chi connectivity index (χ1v) is 7.40. The maximum Gasteiger partial charge on any atom is 0.229 e. The number of rotatable bonds is 3. The van der Waals surface area contributed by atoms with Crippen LogP contribution in [0.25, 0.3) is 5.69 Å². The summed E-state index contributed by atoms with van der Waals surface area (Å²) in [6.07, 6.45) is 7.63. The van der Waals surface area contributed by atoms with E-state index in [1.165, 1.54) is 0 Å². The Hall–Kier alpha value is -2.14. The van der Waals surface area contributed by atoms with E-state index >= 15 is 0 Å². The van der Waals surface area contributed by atoms with Crippen LogP contribution in [-0.4, -0.2) is 21.7 Å². The Balaban J connectivity index is 1.73. The van der Waals surface area contributed by atoms with Gasteiger partial charge in [0.05, 0.1) is 11.6 Å². The van der Waals surface area contributed by atoms with Crippen molar-refractivity contribution >= 4 is 11.6 Å². The molecule has 1 aliphatic carbocycles. The van der Waals surface area contributed by atoms with Crippen LogP contribution in [0.2, 0.25) is 0 Å². The Bertz CT molecular complexity index is 608. The standard InChI is InChI=1S/C16H20N4O/c17-15-8-2-1-7-14(15)16(21)19-12-5-3-6-13(11-12)20-10-4-9-18-20/h3-6,9-11,14-15H,1-2,7-8,17H2,(H,19,21). The van der Waals surface area contributed by atoms with Crippen LogP contribution in [0.1, 0.15) is 25.7 Å². The SMILES string of the molecule is NC1CCCCC1C(=O)Nc1cccc(-n2cccn2)c1. The first-order chi connectivity index (χ1) is 10.2. The van der Waals surface area contributed by atoms with Crippen molar-refractivity contribution in [3.63, 3.8) is 0 Å². The second-order valence-electron chi connectivity index (χ2n) is 5.55. The van der Waals surface area contributed by atoms with Gasteiger partial charge in [0.2, 0.25) is 5.91 Å². The van der Waals surface area contributed by atoms with Gasteiger partial charge in [-0.15, -0.1) is 0 Å². The lowest BCUT2D eigenvalue weighted by atomic mass is 9.84. The number of amides is 1. The van der Waals surface area contributed by atoms with Crippen LogP contribution in [0.5, 0.6) is 0 Å². The Labute approximate surface area is 124 Å². The second-order valence-corrected chi connectivity index (χ2v) is 5.55. The van der Waals surface area contributed by atoms with Gasteiger partial charge in [-0.05, 0) is 37.1 Å². The zero-order valence-corrected chi connectivity index (χ0v) is 11.9. The second kappa shape index (κ2) is 6.10. The number of anilines is 1. The molecular weight excluding hydrogens is 264 g/mol. The molecule has 110 valence electrons. The number of benzene rings is 1. The lowest BCUT2D eigenvalue weighted by Crippen LogP contribution is -2.40. The third-order valence-corrected chi connectivity index (χ3v) is 4.04. The maximum atomic E-state index is 12.4. The van der Waals surface area contributed by atoms with Crippen molar-refractivity contribution in [3.8, 4) is 5.69 Å². The quantitative estimate of drug-likeness (QED) is 0.908. The maximum absolute atomic E-state index is 12.4. The normalized spacial score (nSPS) is 22.0. The molecule has 2 atom stereocenters. The van der Waals surface area contributed by atoms with Gasteiger partial charge in [-0.1, -0.05) is 18.9 Å². The molecule has 0 bridgehead atoms. The Kier molecular flexibility index (Phi) is 4.01. The van der Waals surface area contributed by atoms with E-state index in [1.54, 1.807) is 10.9 Å². The van der Waals surface area contributed by atoms with Crippen LogP contribution in [-0.2, 0) is 4.79 Å². The van der Waals surface area contributed by atoms with Gasteiger partial charge < -0.3 is 11.1 Å². The molecule has 1 amide bonds. The molecular formula is C16H20N4O. The Morgan fingerprint density at radius 2 is 2.14 bits per heavy atom.